The van der Waals surface area contributed by atoms with Gasteiger partial charge in [0, 0.05) is 22.7 Å². The van der Waals surface area contributed by atoms with Gasteiger partial charge in [0.1, 0.15) is 11.8 Å². The molecule has 0 bridgehead atoms. The van der Waals surface area contributed by atoms with Gasteiger partial charge in [0.25, 0.3) is 0 Å². The van der Waals surface area contributed by atoms with Gasteiger partial charge in [-0.15, -0.1) is 5.10 Å². The highest BCUT2D eigenvalue weighted by molar-refractivity contribution is 5.83. The quantitative estimate of drug-likeness (QED) is 0.613. The first-order valence-electron chi connectivity index (χ1n) is 7.12. The van der Waals surface area contributed by atoms with Crippen molar-refractivity contribution < 1.29 is 0 Å². The molecule has 5 heteroatoms. The summed E-state index contributed by atoms with van der Waals surface area (Å²) in [6.45, 7) is 0. The Balaban J connectivity index is 1.74. The summed E-state index contributed by atoms with van der Waals surface area (Å²) in [5.74, 6) is 0. The van der Waals surface area contributed by atoms with Crippen LogP contribution in [0.2, 0.25) is 0 Å². The third kappa shape index (κ3) is 2.32. The number of benzene rings is 2. The van der Waals surface area contributed by atoms with Gasteiger partial charge in [0.15, 0.2) is 5.69 Å². The molecule has 0 radical (unpaired) electrons. The standard InChI is InChI=1S/C18H11N5/c19-10-17-18(22-23-21-17)13-7-5-12(6-8-13)15-9-14-3-1-2-4-16(14)20-11-15/h1-9,11H,(H,21,22,23). The van der Waals surface area contributed by atoms with Crippen molar-refractivity contribution in [1.82, 2.24) is 20.4 Å². The molecular weight excluding hydrogens is 286 g/mol. The smallest absolute Gasteiger partial charge is 0.163 e. The highest BCUT2D eigenvalue weighted by Gasteiger charge is 2.09. The van der Waals surface area contributed by atoms with E-state index in [9.17, 15) is 0 Å². The maximum absolute atomic E-state index is 9.03. The zero-order valence-electron chi connectivity index (χ0n) is 12.1. The minimum atomic E-state index is 0.366. The molecule has 0 fully saturated rings. The van der Waals surface area contributed by atoms with Gasteiger partial charge < -0.3 is 0 Å². The van der Waals surface area contributed by atoms with Gasteiger partial charge in [0.05, 0.1) is 5.52 Å². The molecule has 2 heterocycles. The highest BCUT2D eigenvalue weighted by Crippen LogP contribution is 2.26. The average molecular weight is 297 g/mol. The van der Waals surface area contributed by atoms with Crippen LogP contribution >= 0.6 is 0 Å². The summed E-state index contributed by atoms with van der Waals surface area (Å²) >= 11 is 0. The fourth-order valence-electron chi connectivity index (χ4n) is 2.56. The van der Waals surface area contributed by atoms with Gasteiger partial charge in [-0.25, -0.2) is 5.10 Å². The van der Waals surface area contributed by atoms with E-state index in [1.807, 2.05) is 54.7 Å². The Morgan fingerprint density at radius 2 is 1.70 bits per heavy atom. The number of rotatable bonds is 2. The van der Waals surface area contributed by atoms with Crippen LogP contribution in [-0.4, -0.2) is 20.4 Å². The summed E-state index contributed by atoms with van der Waals surface area (Å²) in [6, 6.07) is 20.1. The minimum absolute atomic E-state index is 0.366. The van der Waals surface area contributed by atoms with Crippen molar-refractivity contribution >= 4 is 10.9 Å². The van der Waals surface area contributed by atoms with Crippen molar-refractivity contribution in [3.8, 4) is 28.5 Å². The Bertz CT molecular complexity index is 1030. The Morgan fingerprint density at radius 3 is 2.52 bits per heavy atom. The third-order valence-corrected chi connectivity index (χ3v) is 3.74. The molecule has 2 aromatic heterocycles. The predicted octanol–water partition coefficient (Wildman–Crippen LogP) is 3.56. The molecule has 0 amide bonds. The van der Waals surface area contributed by atoms with Gasteiger partial charge in [-0.1, -0.05) is 47.7 Å². The summed E-state index contributed by atoms with van der Waals surface area (Å²) < 4.78 is 0. The molecule has 23 heavy (non-hydrogen) atoms. The van der Waals surface area contributed by atoms with Gasteiger partial charge in [0.2, 0.25) is 0 Å². The Labute approximate surface area is 132 Å². The lowest BCUT2D eigenvalue weighted by atomic mass is 10.0. The van der Waals surface area contributed by atoms with E-state index in [2.05, 4.69) is 32.5 Å². The van der Waals surface area contributed by atoms with Crippen LogP contribution in [0, 0.1) is 11.3 Å². The molecule has 108 valence electrons. The Hall–Kier alpha value is -3.52. The first-order chi connectivity index (χ1) is 11.3. The minimum Gasteiger partial charge on any atom is -0.256 e. The molecule has 0 aliphatic heterocycles. The van der Waals surface area contributed by atoms with Crippen LogP contribution in [0.15, 0.2) is 60.8 Å². The number of para-hydroxylation sites is 1. The number of aromatic amines is 1. The average Bonchev–Trinajstić information content (AvgIpc) is 3.10. The second-order valence-electron chi connectivity index (χ2n) is 5.14. The van der Waals surface area contributed by atoms with Crippen LogP contribution in [0.25, 0.3) is 33.3 Å². The maximum atomic E-state index is 9.03. The van der Waals surface area contributed by atoms with Crippen molar-refractivity contribution in [3.63, 3.8) is 0 Å². The van der Waals surface area contributed by atoms with Gasteiger partial charge in [-0.2, -0.15) is 5.26 Å². The first-order valence-corrected chi connectivity index (χ1v) is 7.12. The lowest BCUT2D eigenvalue weighted by Crippen LogP contribution is -1.85. The van der Waals surface area contributed by atoms with Crippen LogP contribution in [-0.2, 0) is 0 Å². The van der Waals surface area contributed by atoms with Crippen LogP contribution in [0.5, 0.6) is 0 Å². The van der Waals surface area contributed by atoms with Crippen LogP contribution in [0.4, 0.5) is 0 Å². The molecule has 0 unspecified atom stereocenters. The molecule has 0 saturated heterocycles. The van der Waals surface area contributed by atoms with E-state index in [4.69, 9.17) is 5.26 Å². The highest BCUT2D eigenvalue weighted by atomic mass is 15.3. The maximum Gasteiger partial charge on any atom is 0.163 e. The number of aromatic nitrogens is 4. The SMILES string of the molecule is N#Cc1[nH]nnc1-c1ccc(-c2cnc3ccccc3c2)cc1. The molecule has 0 aliphatic rings. The van der Waals surface area contributed by atoms with Crippen molar-refractivity contribution in [2.45, 2.75) is 0 Å². The number of nitriles is 1. The molecule has 5 nitrogen and oxygen atoms in total. The molecule has 4 rings (SSSR count). The molecule has 0 saturated carbocycles. The number of nitrogens with zero attached hydrogens (tertiary/aromatic N) is 4. The normalized spacial score (nSPS) is 10.6. The molecule has 1 N–H and O–H groups in total. The largest absolute Gasteiger partial charge is 0.256 e. The lowest BCUT2D eigenvalue weighted by Gasteiger charge is -2.04. The number of H-pyrrole nitrogens is 1. The van der Waals surface area contributed by atoms with E-state index in [0.29, 0.717) is 11.4 Å². The van der Waals surface area contributed by atoms with Crippen LogP contribution < -0.4 is 0 Å². The molecule has 0 atom stereocenters. The van der Waals surface area contributed by atoms with Crippen LogP contribution in [0.3, 0.4) is 0 Å². The topological polar surface area (TPSA) is 78.2 Å². The summed E-state index contributed by atoms with van der Waals surface area (Å²) in [7, 11) is 0. The van der Waals surface area contributed by atoms with Gasteiger partial charge >= 0.3 is 0 Å². The number of nitrogens with one attached hydrogen (secondary N) is 1. The Kier molecular flexibility index (Phi) is 3.06. The number of hydrogen-bond donors (Lipinski definition) is 1. The third-order valence-electron chi connectivity index (χ3n) is 3.74. The zero-order valence-corrected chi connectivity index (χ0v) is 12.1. The first kappa shape index (κ1) is 13.2. The zero-order chi connectivity index (χ0) is 15.6. The summed E-state index contributed by atoms with van der Waals surface area (Å²) in [5.41, 5.74) is 4.88. The van der Waals surface area contributed by atoms with E-state index < -0.39 is 0 Å². The Morgan fingerprint density at radius 1 is 0.913 bits per heavy atom. The molecule has 2 aromatic carbocycles. The number of hydrogen-bond acceptors (Lipinski definition) is 4. The van der Waals surface area contributed by atoms with Crippen LogP contribution in [0.1, 0.15) is 5.69 Å². The van der Waals surface area contributed by atoms with Crippen molar-refractivity contribution in [3.05, 3.63) is 66.5 Å². The second kappa shape index (κ2) is 5.35. The van der Waals surface area contributed by atoms with Crippen molar-refractivity contribution in [2.75, 3.05) is 0 Å². The van der Waals surface area contributed by atoms with E-state index in [-0.39, 0.29) is 0 Å². The lowest BCUT2D eigenvalue weighted by molar-refractivity contribution is 0.937. The number of pyridine rings is 1. The molecular formula is C18H11N5. The van der Waals surface area contributed by atoms with E-state index in [0.717, 1.165) is 27.6 Å². The summed E-state index contributed by atoms with van der Waals surface area (Å²) in [5, 5.41) is 20.4. The molecule has 4 aromatic rings. The van der Waals surface area contributed by atoms with Gasteiger partial charge in [-0.3, -0.25) is 4.98 Å². The van der Waals surface area contributed by atoms with Crippen molar-refractivity contribution in [1.29, 1.82) is 5.26 Å². The molecule has 0 aliphatic carbocycles. The van der Waals surface area contributed by atoms with E-state index in [1.165, 1.54) is 0 Å². The fraction of sp³-hybridized carbons (Fsp3) is 0. The summed E-state index contributed by atoms with van der Waals surface area (Å²) in [4.78, 5) is 4.49. The van der Waals surface area contributed by atoms with E-state index >= 15 is 0 Å². The van der Waals surface area contributed by atoms with Gasteiger partial charge in [-0.05, 0) is 17.7 Å². The second-order valence-corrected chi connectivity index (χ2v) is 5.14. The van der Waals surface area contributed by atoms with E-state index in [1.54, 1.807) is 0 Å². The molecule has 0 spiro atoms. The summed E-state index contributed by atoms with van der Waals surface area (Å²) in [6.07, 6.45) is 1.87. The van der Waals surface area contributed by atoms with Crippen molar-refractivity contribution in [2.24, 2.45) is 0 Å². The number of fused-ring (bicyclic) bond motifs is 1. The fourth-order valence-corrected chi connectivity index (χ4v) is 2.56. The predicted molar refractivity (Wildman–Crippen MR) is 87.3 cm³/mol. The monoisotopic (exact) mass is 297 g/mol.